The van der Waals surface area contributed by atoms with Gasteiger partial charge in [-0.1, -0.05) is 38.4 Å². The average Bonchev–Trinajstić information content (AvgIpc) is 2.42. The molecule has 0 aromatic rings. The van der Waals surface area contributed by atoms with Gasteiger partial charge in [0.05, 0.1) is 11.5 Å². The molecular weight excluding hydrogens is 256 g/mol. The van der Waals surface area contributed by atoms with E-state index >= 15 is 0 Å². The molecule has 1 aliphatic carbocycles. The first-order valence-corrected chi connectivity index (χ1v) is 8.06. The molecule has 1 saturated carbocycles. The van der Waals surface area contributed by atoms with E-state index in [1.165, 1.54) is 32.1 Å². The van der Waals surface area contributed by atoms with Gasteiger partial charge in [0.15, 0.2) is 0 Å². The Hall–Kier alpha value is -0.640. The van der Waals surface area contributed by atoms with Crippen molar-refractivity contribution in [2.75, 3.05) is 13.1 Å². The minimum absolute atomic E-state index is 0.201. The average molecular weight is 284 g/mol. The summed E-state index contributed by atoms with van der Waals surface area (Å²) in [5.74, 6) is 1.30. The second kappa shape index (κ2) is 8.51. The van der Waals surface area contributed by atoms with E-state index in [0.717, 1.165) is 18.8 Å². The number of nitrogens with zero attached hydrogens (tertiary/aromatic N) is 1. The zero-order chi connectivity index (χ0) is 14.3. The Morgan fingerprint density at radius 3 is 2.37 bits per heavy atom. The fraction of sp³-hybridized carbons (Fsp3) is 0.867. The minimum atomic E-state index is 0.201. The summed E-state index contributed by atoms with van der Waals surface area (Å²) in [4.78, 5) is 14.6. The molecule has 0 aromatic heterocycles. The molecule has 1 aliphatic rings. The van der Waals surface area contributed by atoms with Gasteiger partial charge in [0.1, 0.15) is 0 Å². The van der Waals surface area contributed by atoms with Crippen LogP contribution in [0, 0.1) is 11.8 Å². The predicted octanol–water partition coefficient (Wildman–Crippen LogP) is 3.12. The van der Waals surface area contributed by atoms with E-state index in [4.69, 9.17) is 18.0 Å². The van der Waals surface area contributed by atoms with Crippen LogP contribution >= 0.6 is 12.2 Å². The Morgan fingerprint density at radius 2 is 1.89 bits per heavy atom. The lowest BCUT2D eigenvalue weighted by Gasteiger charge is -2.31. The molecule has 0 aromatic carbocycles. The molecule has 1 amide bonds. The third-order valence-electron chi connectivity index (χ3n) is 4.20. The smallest absolute Gasteiger partial charge is 0.226 e. The first-order valence-electron chi connectivity index (χ1n) is 7.65. The Bertz CT molecular complexity index is 299. The highest BCUT2D eigenvalue weighted by Crippen LogP contribution is 2.32. The highest BCUT2D eigenvalue weighted by atomic mass is 32.1. The van der Waals surface area contributed by atoms with Gasteiger partial charge in [-0.2, -0.15) is 0 Å². The maximum atomic E-state index is 12.4. The lowest BCUT2D eigenvalue weighted by Crippen LogP contribution is -2.41. The van der Waals surface area contributed by atoms with E-state index in [9.17, 15) is 4.79 Å². The quantitative estimate of drug-likeness (QED) is 0.731. The van der Waals surface area contributed by atoms with Gasteiger partial charge in [-0.15, -0.1) is 0 Å². The van der Waals surface area contributed by atoms with Gasteiger partial charge in [0, 0.05) is 12.5 Å². The van der Waals surface area contributed by atoms with Crippen molar-refractivity contribution >= 4 is 23.1 Å². The van der Waals surface area contributed by atoms with Gasteiger partial charge in [-0.05, 0) is 38.5 Å². The van der Waals surface area contributed by atoms with E-state index in [-0.39, 0.29) is 11.8 Å². The number of nitrogens with two attached hydrogens (primary N) is 1. The molecule has 0 heterocycles. The van der Waals surface area contributed by atoms with Crippen LogP contribution in [0.25, 0.3) is 0 Å². The van der Waals surface area contributed by atoms with Crippen molar-refractivity contribution < 1.29 is 4.79 Å². The number of amides is 1. The van der Waals surface area contributed by atoms with Crippen molar-refractivity contribution in [3.63, 3.8) is 0 Å². The van der Waals surface area contributed by atoms with Crippen LogP contribution in [0.15, 0.2) is 0 Å². The molecule has 110 valence electrons. The molecule has 0 saturated heterocycles. The minimum Gasteiger partial charge on any atom is -0.392 e. The molecule has 0 aliphatic heterocycles. The number of likely N-dealkylation sites (N-methyl/N-ethyl adjacent to an activating group) is 1. The fourth-order valence-electron chi connectivity index (χ4n) is 2.98. The third-order valence-corrected chi connectivity index (χ3v) is 4.33. The molecular formula is C15H28N2OS. The topological polar surface area (TPSA) is 46.3 Å². The van der Waals surface area contributed by atoms with E-state index in [2.05, 4.69) is 6.92 Å². The largest absolute Gasteiger partial charge is 0.392 e. The van der Waals surface area contributed by atoms with Gasteiger partial charge in [-0.3, -0.25) is 4.79 Å². The van der Waals surface area contributed by atoms with Crippen LogP contribution in [0.4, 0.5) is 0 Å². The summed E-state index contributed by atoms with van der Waals surface area (Å²) in [6.45, 7) is 5.36. The van der Waals surface area contributed by atoms with Crippen molar-refractivity contribution in [2.24, 2.45) is 17.6 Å². The van der Waals surface area contributed by atoms with E-state index in [1.54, 1.807) is 4.90 Å². The Morgan fingerprint density at radius 1 is 1.26 bits per heavy atom. The zero-order valence-corrected chi connectivity index (χ0v) is 13.2. The van der Waals surface area contributed by atoms with Crippen LogP contribution in [0.5, 0.6) is 0 Å². The first-order chi connectivity index (χ1) is 9.08. The standard InChI is InChI=1S/C15H28N2OS/c1-3-5-6-12-7-9-13(10-8-12)15(18)17(4-2)11-14(16)19/h12-13H,3-11H2,1-2H3,(H2,16,19). The van der Waals surface area contributed by atoms with Crippen molar-refractivity contribution in [3.8, 4) is 0 Å². The molecule has 19 heavy (non-hydrogen) atoms. The number of carbonyl (C=O) groups excluding carboxylic acids is 1. The van der Waals surface area contributed by atoms with Crippen LogP contribution in [-0.4, -0.2) is 28.9 Å². The SMILES string of the molecule is CCCCC1CCC(C(=O)N(CC)CC(N)=S)CC1. The molecule has 4 heteroatoms. The molecule has 0 bridgehead atoms. The lowest BCUT2D eigenvalue weighted by atomic mass is 9.79. The van der Waals surface area contributed by atoms with E-state index in [1.807, 2.05) is 6.92 Å². The van der Waals surface area contributed by atoms with Crippen molar-refractivity contribution in [1.82, 2.24) is 4.90 Å². The lowest BCUT2D eigenvalue weighted by molar-refractivity contribution is -0.135. The van der Waals surface area contributed by atoms with E-state index < -0.39 is 0 Å². The van der Waals surface area contributed by atoms with Gasteiger partial charge >= 0.3 is 0 Å². The normalized spacial score (nSPS) is 23.1. The number of unbranched alkanes of at least 4 members (excludes halogenated alkanes) is 1. The summed E-state index contributed by atoms with van der Waals surface area (Å²) in [5.41, 5.74) is 5.55. The number of rotatable bonds is 7. The number of hydrogen-bond donors (Lipinski definition) is 1. The third kappa shape index (κ3) is 5.47. The monoisotopic (exact) mass is 284 g/mol. The molecule has 0 unspecified atom stereocenters. The van der Waals surface area contributed by atoms with Crippen molar-refractivity contribution in [1.29, 1.82) is 0 Å². The van der Waals surface area contributed by atoms with Crippen LogP contribution in [-0.2, 0) is 4.79 Å². The van der Waals surface area contributed by atoms with Crippen LogP contribution < -0.4 is 5.73 Å². The summed E-state index contributed by atoms with van der Waals surface area (Å²) in [6.07, 6.45) is 8.44. The summed E-state index contributed by atoms with van der Waals surface area (Å²) < 4.78 is 0. The zero-order valence-electron chi connectivity index (χ0n) is 12.4. The molecule has 1 rings (SSSR count). The van der Waals surface area contributed by atoms with Crippen molar-refractivity contribution in [3.05, 3.63) is 0 Å². The molecule has 3 nitrogen and oxygen atoms in total. The molecule has 2 N–H and O–H groups in total. The van der Waals surface area contributed by atoms with Crippen LogP contribution in [0.3, 0.4) is 0 Å². The second-order valence-corrected chi connectivity index (χ2v) is 6.20. The van der Waals surface area contributed by atoms with Gasteiger partial charge in [0.25, 0.3) is 0 Å². The Labute approximate surface area is 122 Å². The maximum Gasteiger partial charge on any atom is 0.226 e. The highest BCUT2D eigenvalue weighted by Gasteiger charge is 2.28. The summed E-state index contributed by atoms with van der Waals surface area (Å²) in [5, 5.41) is 0. The maximum absolute atomic E-state index is 12.4. The Balaban J connectivity index is 2.40. The predicted molar refractivity (Wildman–Crippen MR) is 84.0 cm³/mol. The number of hydrogen-bond acceptors (Lipinski definition) is 2. The molecule has 0 spiro atoms. The van der Waals surface area contributed by atoms with Crippen molar-refractivity contribution in [2.45, 2.75) is 58.8 Å². The molecule has 1 fully saturated rings. The number of carbonyl (C=O) groups is 1. The van der Waals surface area contributed by atoms with Gasteiger partial charge in [0.2, 0.25) is 5.91 Å². The highest BCUT2D eigenvalue weighted by molar-refractivity contribution is 7.80. The fourth-order valence-corrected chi connectivity index (χ4v) is 3.14. The summed E-state index contributed by atoms with van der Waals surface area (Å²) in [6, 6.07) is 0. The van der Waals surface area contributed by atoms with Gasteiger partial charge < -0.3 is 10.6 Å². The van der Waals surface area contributed by atoms with Gasteiger partial charge in [-0.25, -0.2) is 0 Å². The first kappa shape index (κ1) is 16.4. The van der Waals surface area contributed by atoms with E-state index in [0.29, 0.717) is 18.1 Å². The molecule has 0 atom stereocenters. The summed E-state index contributed by atoms with van der Waals surface area (Å²) >= 11 is 4.91. The van der Waals surface area contributed by atoms with Crippen LogP contribution in [0.1, 0.15) is 58.8 Å². The molecule has 0 radical (unpaired) electrons. The summed E-state index contributed by atoms with van der Waals surface area (Å²) in [7, 11) is 0. The Kier molecular flexibility index (Phi) is 7.36. The number of thiocarbonyl (C=S) groups is 1. The van der Waals surface area contributed by atoms with Crippen LogP contribution in [0.2, 0.25) is 0 Å². The second-order valence-electron chi connectivity index (χ2n) is 5.68.